The highest BCUT2D eigenvalue weighted by Gasteiger charge is 2.56. The maximum absolute atomic E-state index is 12.9. The SMILES string of the molecule is C[C@@H]1[C@H]2C[C@@H](C[C@H]1NC(=O)CCc1nc3ccccc3n1C1CCCCC1)C2(C)C. The lowest BCUT2D eigenvalue weighted by Gasteiger charge is -2.62. The largest absolute Gasteiger partial charge is 0.353 e. The summed E-state index contributed by atoms with van der Waals surface area (Å²) < 4.78 is 2.46. The van der Waals surface area contributed by atoms with Gasteiger partial charge in [-0.25, -0.2) is 4.98 Å². The average Bonchev–Trinajstić information content (AvgIpc) is 3.12. The zero-order valence-electron chi connectivity index (χ0n) is 18.9. The number of aromatic nitrogens is 2. The van der Waals surface area contributed by atoms with E-state index in [1.807, 2.05) is 0 Å². The van der Waals surface area contributed by atoms with Crippen LogP contribution in [-0.2, 0) is 11.2 Å². The van der Waals surface area contributed by atoms with Crippen LogP contribution in [0.3, 0.4) is 0 Å². The summed E-state index contributed by atoms with van der Waals surface area (Å²) in [4.78, 5) is 17.8. The van der Waals surface area contributed by atoms with Crippen LogP contribution in [0.15, 0.2) is 24.3 Å². The van der Waals surface area contributed by atoms with Crippen molar-refractivity contribution in [3.05, 3.63) is 30.1 Å². The highest BCUT2D eigenvalue weighted by molar-refractivity contribution is 5.78. The number of amides is 1. The molecular formula is C26H37N3O. The number of hydrogen-bond acceptors (Lipinski definition) is 2. The maximum atomic E-state index is 12.9. The van der Waals surface area contributed by atoms with E-state index < -0.39 is 0 Å². The van der Waals surface area contributed by atoms with Crippen LogP contribution >= 0.6 is 0 Å². The molecule has 0 unspecified atom stereocenters. The van der Waals surface area contributed by atoms with Gasteiger partial charge in [0.25, 0.3) is 0 Å². The third-order valence-corrected chi connectivity index (χ3v) is 8.88. The molecular weight excluding hydrogens is 370 g/mol. The molecule has 2 aromatic rings. The number of imidazole rings is 1. The average molecular weight is 408 g/mol. The molecule has 4 nitrogen and oxygen atoms in total. The molecule has 2 bridgehead atoms. The van der Waals surface area contributed by atoms with Gasteiger partial charge in [0.1, 0.15) is 5.82 Å². The second-order valence-electron chi connectivity index (χ2n) is 10.8. The fourth-order valence-electron chi connectivity index (χ4n) is 6.86. The number of aryl methyl sites for hydroxylation is 1. The minimum atomic E-state index is 0.202. The summed E-state index contributed by atoms with van der Waals surface area (Å²) in [6.07, 6.45) is 10.2. The van der Waals surface area contributed by atoms with Crippen LogP contribution in [-0.4, -0.2) is 21.5 Å². The number of rotatable bonds is 5. The van der Waals surface area contributed by atoms with E-state index in [1.54, 1.807) is 0 Å². The fourth-order valence-corrected chi connectivity index (χ4v) is 6.86. The topological polar surface area (TPSA) is 46.9 Å². The summed E-state index contributed by atoms with van der Waals surface area (Å²) in [5, 5.41) is 3.39. The van der Waals surface area contributed by atoms with Gasteiger partial charge in [0.05, 0.1) is 11.0 Å². The number of nitrogens with one attached hydrogen (secondary N) is 1. The Hall–Kier alpha value is -1.84. The lowest BCUT2D eigenvalue weighted by molar-refractivity contribution is -0.133. The minimum Gasteiger partial charge on any atom is -0.353 e. The van der Waals surface area contributed by atoms with Gasteiger partial charge in [-0.1, -0.05) is 52.2 Å². The highest BCUT2D eigenvalue weighted by Crippen LogP contribution is 2.61. The molecule has 1 N–H and O–H groups in total. The minimum absolute atomic E-state index is 0.202. The standard InChI is InChI=1S/C26H37N3O/c1-17-20-15-18(26(20,2)3)16-22(17)28-25(30)14-13-24-27-21-11-7-8-12-23(21)29(24)19-9-5-4-6-10-19/h7-8,11-12,17-20,22H,4-6,9-10,13-16H2,1-3H3,(H,28,30)/t17-,18+,20-,22-/m1/s1. The Morgan fingerprint density at radius 1 is 1.17 bits per heavy atom. The first-order chi connectivity index (χ1) is 14.4. The van der Waals surface area contributed by atoms with E-state index in [9.17, 15) is 4.79 Å². The molecule has 4 heteroatoms. The van der Waals surface area contributed by atoms with Crippen molar-refractivity contribution in [1.82, 2.24) is 14.9 Å². The van der Waals surface area contributed by atoms with Crippen molar-refractivity contribution < 1.29 is 4.79 Å². The van der Waals surface area contributed by atoms with Crippen molar-refractivity contribution >= 4 is 16.9 Å². The second kappa shape index (κ2) is 7.69. The molecule has 30 heavy (non-hydrogen) atoms. The third-order valence-electron chi connectivity index (χ3n) is 8.88. The summed E-state index contributed by atoms with van der Waals surface area (Å²) in [5.41, 5.74) is 2.77. The molecule has 0 aliphatic heterocycles. The summed E-state index contributed by atoms with van der Waals surface area (Å²) in [6.45, 7) is 7.17. The van der Waals surface area contributed by atoms with E-state index in [1.165, 1.54) is 44.0 Å². The van der Waals surface area contributed by atoms with Crippen molar-refractivity contribution in [2.45, 2.75) is 90.6 Å². The monoisotopic (exact) mass is 407 g/mol. The highest BCUT2D eigenvalue weighted by atomic mass is 16.1. The first kappa shape index (κ1) is 20.1. The summed E-state index contributed by atoms with van der Waals surface area (Å²) in [5.74, 6) is 3.42. The number of carbonyl (C=O) groups excluding carboxylic acids is 1. The Morgan fingerprint density at radius 3 is 2.67 bits per heavy atom. The Bertz CT molecular complexity index is 924. The van der Waals surface area contributed by atoms with E-state index in [2.05, 4.69) is 54.9 Å². The first-order valence-electron chi connectivity index (χ1n) is 12.2. The number of hydrogen-bond donors (Lipinski definition) is 1. The van der Waals surface area contributed by atoms with Crippen LogP contribution in [0.2, 0.25) is 0 Å². The fraction of sp³-hybridized carbons (Fsp3) is 0.692. The van der Waals surface area contributed by atoms with Gasteiger partial charge in [-0.15, -0.1) is 0 Å². The number of benzene rings is 1. The first-order valence-corrected chi connectivity index (χ1v) is 12.2. The Balaban J connectivity index is 1.27. The molecule has 4 fully saturated rings. The maximum Gasteiger partial charge on any atom is 0.220 e. The van der Waals surface area contributed by atoms with Crippen LogP contribution in [0.1, 0.15) is 84.0 Å². The van der Waals surface area contributed by atoms with Crippen molar-refractivity contribution in [2.24, 2.45) is 23.2 Å². The lowest BCUT2D eigenvalue weighted by atomic mass is 9.45. The molecule has 1 amide bonds. The summed E-state index contributed by atoms with van der Waals surface area (Å²) >= 11 is 0. The van der Waals surface area contributed by atoms with Crippen LogP contribution in [0.25, 0.3) is 11.0 Å². The number of fused-ring (bicyclic) bond motifs is 3. The smallest absolute Gasteiger partial charge is 0.220 e. The Labute approximate surface area is 180 Å². The van der Waals surface area contributed by atoms with Crippen LogP contribution in [0.5, 0.6) is 0 Å². The van der Waals surface area contributed by atoms with E-state index in [0.717, 1.165) is 36.0 Å². The number of nitrogens with zero attached hydrogens (tertiary/aromatic N) is 2. The zero-order chi connectivity index (χ0) is 20.9. The summed E-state index contributed by atoms with van der Waals surface area (Å²) in [7, 11) is 0. The van der Waals surface area contributed by atoms with Crippen LogP contribution in [0.4, 0.5) is 0 Å². The molecule has 0 radical (unpaired) electrons. The molecule has 4 aliphatic rings. The second-order valence-corrected chi connectivity index (χ2v) is 10.8. The molecule has 1 heterocycles. The van der Waals surface area contributed by atoms with Crippen molar-refractivity contribution in [1.29, 1.82) is 0 Å². The zero-order valence-corrected chi connectivity index (χ0v) is 18.9. The predicted molar refractivity (Wildman–Crippen MR) is 121 cm³/mol. The molecule has 4 atom stereocenters. The summed E-state index contributed by atoms with van der Waals surface area (Å²) in [6, 6.07) is 9.36. The van der Waals surface area contributed by atoms with Gasteiger partial charge in [-0.05, 0) is 61.0 Å². The van der Waals surface area contributed by atoms with Gasteiger partial charge in [0, 0.05) is 24.9 Å². The number of para-hydroxylation sites is 2. The van der Waals surface area contributed by atoms with Gasteiger partial charge >= 0.3 is 0 Å². The van der Waals surface area contributed by atoms with Crippen molar-refractivity contribution in [3.63, 3.8) is 0 Å². The van der Waals surface area contributed by atoms with E-state index in [0.29, 0.717) is 29.8 Å². The molecule has 0 saturated heterocycles. The molecule has 1 aromatic carbocycles. The molecule has 0 spiro atoms. The predicted octanol–water partition coefficient (Wildman–Crippen LogP) is 5.66. The lowest BCUT2D eigenvalue weighted by Crippen LogP contribution is -2.60. The van der Waals surface area contributed by atoms with Gasteiger partial charge in [-0.3, -0.25) is 4.79 Å². The van der Waals surface area contributed by atoms with E-state index in [4.69, 9.17) is 4.98 Å². The van der Waals surface area contributed by atoms with Crippen molar-refractivity contribution in [2.75, 3.05) is 0 Å². The van der Waals surface area contributed by atoms with Gasteiger partial charge in [0.15, 0.2) is 0 Å². The molecule has 162 valence electrons. The Morgan fingerprint density at radius 2 is 1.93 bits per heavy atom. The molecule has 4 saturated carbocycles. The van der Waals surface area contributed by atoms with E-state index >= 15 is 0 Å². The number of carbonyl (C=O) groups is 1. The molecule has 1 aromatic heterocycles. The van der Waals surface area contributed by atoms with Crippen LogP contribution < -0.4 is 5.32 Å². The normalized spacial score (nSPS) is 30.8. The van der Waals surface area contributed by atoms with Gasteiger partial charge < -0.3 is 9.88 Å². The van der Waals surface area contributed by atoms with E-state index in [-0.39, 0.29) is 5.91 Å². The van der Waals surface area contributed by atoms with Gasteiger partial charge in [0.2, 0.25) is 5.91 Å². The third kappa shape index (κ3) is 3.36. The van der Waals surface area contributed by atoms with Crippen molar-refractivity contribution in [3.8, 4) is 0 Å². The van der Waals surface area contributed by atoms with Gasteiger partial charge in [-0.2, -0.15) is 0 Å². The quantitative estimate of drug-likeness (QED) is 0.695. The Kier molecular flexibility index (Phi) is 5.15. The van der Waals surface area contributed by atoms with Crippen LogP contribution in [0, 0.1) is 23.2 Å². The molecule has 6 rings (SSSR count). The molecule has 4 aliphatic carbocycles.